The van der Waals surface area contributed by atoms with E-state index >= 15 is 0 Å². The zero-order valence-corrected chi connectivity index (χ0v) is 11.0. The Hall–Kier alpha value is -0.570. The lowest BCUT2D eigenvalue weighted by atomic mass is 9.98. The van der Waals surface area contributed by atoms with Crippen molar-refractivity contribution in [2.45, 2.75) is 52.5 Å². The van der Waals surface area contributed by atoms with Gasteiger partial charge in [-0.3, -0.25) is 4.79 Å². The first-order valence-corrected chi connectivity index (χ1v) is 6.71. The molecular weight excluding hydrogens is 200 g/mol. The molecule has 0 radical (unpaired) electrons. The lowest BCUT2D eigenvalue weighted by molar-refractivity contribution is -0.138. The summed E-state index contributed by atoms with van der Waals surface area (Å²) >= 11 is 0. The number of likely N-dealkylation sites (tertiary alicyclic amines) is 1. The molecule has 1 saturated heterocycles. The molecule has 0 saturated carbocycles. The van der Waals surface area contributed by atoms with E-state index < -0.39 is 0 Å². The molecule has 1 aliphatic heterocycles. The summed E-state index contributed by atoms with van der Waals surface area (Å²) in [4.78, 5) is 14.0. The molecule has 94 valence electrons. The molecule has 3 nitrogen and oxygen atoms in total. The summed E-state index contributed by atoms with van der Waals surface area (Å²) in [6.07, 6.45) is 4.48. The van der Waals surface area contributed by atoms with E-state index in [0.29, 0.717) is 11.9 Å². The summed E-state index contributed by atoms with van der Waals surface area (Å²) in [6, 6.07) is 0.467. The number of piperidine rings is 1. The molecule has 0 spiro atoms. The van der Waals surface area contributed by atoms with Crippen LogP contribution >= 0.6 is 0 Å². The molecule has 2 atom stereocenters. The summed E-state index contributed by atoms with van der Waals surface area (Å²) in [5.74, 6) is 0.584. The van der Waals surface area contributed by atoms with Crippen molar-refractivity contribution < 1.29 is 4.79 Å². The van der Waals surface area contributed by atoms with Gasteiger partial charge in [0.25, 0.3) is 0 Å². The second-order valence-corrected chi connectivity index (χ2v) is 4.89. The fourth-order valence-corrected chi connectivity index (χ4v) is 2.27. The first-order valence-electron chi connectivity index (χ1n) is 6.71. The number of amides is 1. The van der Waals surface area contributed by atoms with Crippen molar-refractivity contribution in [1.82, 2.24) is 10.2 Å². The molecule has 1 rings (SSSR count). The van der Waals surface area contributed by atoms with Crippen LogP contribution in [0.2, 0.25) is 0 Å². The Balaban J connectivity index is 2.40. The van der Waals surface area contributed by atoms with Crippen LogP contribution in [0.1, 0.15) is 46.5 Å². The molecule has 1 fully saturated rings. The smallest absolute Gasteiger partial charge is 0.225 e. The van der Waals surface area contributed by atoms with Crippen molar-refractivity contribution in [3.63, 3.8) is 0 Å². The van der Waals surface area contributed by atoms with E-state index in [1.165, 1.54) is 0 Å². The van der Waals surface area contributed by atoms with E-state index in [-0.39, 0.29) is 5.92 Å². The minimum atomic E-state index is 0.234. The monoisotopic (exact) mass is 226 g/mol. The SMILES string of the molecule is CCCNC(CC)CN1CCCC(C)C1=O. The fourth-order valence-electron chi connectivity index (χ4n) is 2.27. The van der Waals surface area contributed by atoms with E-state index in [2.05, 4.69) is 26.1 Å². The number of rotatable bonds is 6. The van der Waals surface area contributed by atoms with Crippen molar-refractivity contribution >= 4 is 5.91 Å². The maximum atomic E-state index is 11.9. The Morgan fingerprint density at radius 2 is 2.25 bits per heavy atom. The van der Waals surface area contributed by atoms with Gasteiger partial charge in [-0.1, -0.05) is 20.8 Å². The Labute approximate surface area is 99.6 Å². The standard InChI is InChI=1S/C13H26N2O/c1-4-8-14-12(5-2)10-15-9-6-7-11(3)13(15)16/h11-12,14H,4-10H2,1-3H3. The highest BCUT2D eigenvalue weighted by Crippen LogP contribution is 2.17. The van der Waals surface area contributed by atoms with Crippen LogP contribution in [0.15, 0.2) is 0 Å². The normalized spacial score (nSPS) is 23.6. The third-order valence-electron chi connectivity index (χ3n) is 3.41. The van der Waals surface area contributed by atoms with Crippen molar-refractivity contribution in [2.24, 2.45) is 5.92 Å². The van der Waals surface area contributed by atoms with E-state index in [1.807, 2.05) is 4.90 Å². The molecule has 0 aromatic heterocycles. The topological polar surface area (TPSA) is 32.3 Å². The number of carbonyl (C=O) groups excluding carboxylic acids is 1. The molecule has 1 heterocycles. The Kier molecular flexibility index (Phi) is 5.81. The maximum absolute atomic E-state index is 11.9. The van der Waals surface area contributed by atoms with Crippen LogP contribution in [0.5, 0.6) is 0 Å². The minimum absolute atomic E-state index is 0.234. The van der Waals surface area contributed by atoms with Crippen LogP contribution < -0.4 is 5.32 Å². The van der Waals surface area contributed by atoms with Gasteiger partial charge in [-0.25, -0.2) is 0 Å². The van der Waals surface area contributed by atoms with Gasteiger partial charge in [-0.05, 0) is 32.2 Å². The summed E-state index contributed by atoms with van der Waals surface area (Å²) in [7, 11) is 0. The van der Waals surface area contributed by atoms with Gasteiger partial charge >= 0.3 is 0 Å². The number of hydrogen-bond acceptors (Lipinski definition) is 2. The average molecular weight is 226 g/mol. The van der Waals surface area contributed by atoms with Crippen LogP contribution in [0.4, 0.5) is 0 Å². The van der Waals surface area contributed by atoms with Crippen molar-refractivity contribution in [1.29, 1.82) is 0 Å². The molecule has 1 aliphatic rings. The molecule has 3 heteroatoms. The lowest BCUT2D eigenvalue weighted by Gasteiger charge is -2.33. The van der Waals surface area contributed by atoms with Gasteiger partial charge in [0.2, 0.25) is 5.91 Å². The van der Waals surface area contributed by atoms with Gasteiger partial charge in [0.1, 0.15) is 0 Å². The number of nitrogens with zero attached hydrogens (tertiary/aromatic N) is 1. The van der Waals surface area contributed by atoms with E-state index in [9.17, 15) is 4.79 Å². The second-order valence-electron chi connectivity index (χ2n) is 4.89. The van der Waals surface area contributed by atoms with Crippen LogP contribution in [0.25, 0.3) is 0 Å². The molecule has 1 N–H and O–H groups in total. The van der Waals surface area contributed by atoms with Crippen LogP contribution in [-0.4, -0.2) is 36.5 Å². The average Bonchev–Trinajstić information content (AvgIpc) is 2.30. The van der Waals surface area contributed by atoms with Gasteiger partial charge in [0, 0.05) is 25.0 Å². The van der Waals surface area contributed by atoms with Gasteiger partial charge in [0.15, 0.2) is 0 Å². The molecule has 0 aromatic rings. The summed E-state index contributed by atoms with van der Waals surface area (Å²) in [5.41, 5.74) is 0. The summed E-state index contributed by atoms with van der Waals surface area (Å²) in [5, 5.41) is 3.51. The Morgan fingerprint density at radius 1 is 1.50 bits per heavy atom. The zero-order chi connectivity index (χ0) is 12.0. The molecule has 0 aliphatic carbocycles. The van der Waals surface area contributed by atoms with Crippen molar-refractivity contribution in [2.75, 3.05) is 19.6 Å². The molecular formula is C13H26N2O. The van der Waals surface area contributed by atoms with E-state index in [1.54, 1.807) is 0 Å². The maximum Gasteiger partial charge on any atom is 0.225 e. The number of carbonyl (C=O) groups is 1. The first-order chi connectivity index (χ1) is 7.69. The lowest BCUT2D eigenvalue weighted by Crippen LogP contribution is -2.47. The highest BCUT2D eigenvalue weighted by molar-refractivity contribution is 5.79. The van der Waals surface area contributed by atoms with Gasteiger partial charge in [-0.2, -0.15) is 0 Å². The zero-order valence-electron chi connectivity index (χ0n) is 11.0. The van der Waals surface area contributed by atoms with E-state index in [0.717, 1.165) is 45.3 Å². The summed E-state index contributed by atoms with van der Waals surface area (Å²) in [6.45, 7) is 9.30. The number of nitrogens with one attached hydrogen (secondary N) is 1. The van der Waals surface area contributed by atoms with Gasteiger partial charge < -0.3 is 10.2 Å². The third kappa shape index (κ3) is 3.78. The molecule has 0 bridgehead atoms. The van der Waals surface area contributed by atoms with Crippen LogP contribution in [-0.2, 0) is 4.79 Å². The quantitative estimate of drug-likeness (QED) is 0.751. The second kappa shape index (κ2) is 6.89. The third-order valence-corrected chi connectivity index (χ3v) is 3.41. The van der Waals surface area contributed by atoms with Crippen LogP contribution in [0.3, 0.4) is 0 Å². The fraction of sp³-hybridized carbons (Fsp3) is 0.923. The van der Waals surface area contributed by atoms with Gasteiger partial charge in [-0.15, -0.1) is 0 Å². The van der Waals surface area contributed by atoms with Crippen molar-refractivity contribution in [3.05, 3.63) is 0 Å². The summed E-state index contributed by atoms with van der Waals surface area (Å²) < 4.78 is 0. The molecule has 2 unspecified atom stereocenters. The largest absolute Gasteiger partial charge is 0.341 e. The number of hydrogen-bond donors (Lipinski definition) is 1. The minimum Gasteiger partial charge on any atom is -0.341 e. The first kappa shape index (κ1) is 13.5. The Morgan fingerprint density at radius 3 is 2.88 bits per heavy atom. The predicted molar refractivity (Wildman–Crippen MR) is 67.4 cm³/mol. The van der Waals surface area contributed by atoms with E-state index in [4.69, 9.17) is 0 Å². The van der Waals surface area contributed by atoms with Gasteiger partial charge in [0.05, 0.1) is 0 Å². The molecule has 16 heavy (non-hydrogen) atoms. The van der Waals surface area contributed by atoms with Crippen molar-refractivity contribution in [3.8, 4) is 0 Å². The highest BCUT2D eigenvalue weighted by Gasteiger charge is 2.26. The predicted octanol–water partition coefficient (Wildman–Crippen LogP) is 2.02. The molecule has 1 amide bonds. The Bertz CT molecular complexity index is 218. The highest BCUT2D eigenvalue weighted by atomic mass is 16.2. The molecule has 0 aromatic carbocycles. The van der Waals surface area contributed by atoms with Crippen LogP contribution in [0, 0.1) is 5.92 Å².